The lowest BCUT2D eigenvalue weighted by molar-refractivity contribution is -0.841. The SMILES string of the molecule is CCC.CCCCCCCCCCCCCCCC(CC)[N+](C)(C)C(=O)CCCCCCC/C=C\CCCCCCCC(C)C.CCCCCCCCCCCCCCCC(CC)[N+](C)(C)C(=O)CCCCCCC/C=C\CCCCCCCC(C)C.[Cl-].[Cl-]. The van der Waals surface area contributed by atoms with Crippen molar-refractivity contribution in [2.45, 2.75) is 460 Å². The second kappa shape index (κ2) is 76.3. The van der Waals surface area contributed by atoms with Crippen LogP contribution in [0.5, 0.6) is 0 Å². The van der Waals surface area contributed by atoms with E-state index in [1.54, 1.807) is 0 Å². The van der Waals surface area contributed by atoms with Crippen molar-refractivity contribution in [1.82, 2.24) is 0 Å². The zero-order chi connectivity index (χ0) is 65.0. The zero-order valence-corrected chi connectivity index (χ0v) is 65.3. The quantitative estimate of drug-likeness (QED) is 0.0346. The van der Waals surface area contributed by atoms with Crippen LogP contribution in [0.1, 0.15) is 448 Å². The molecule has 89 heavy (non-hydrogen) atoms. The molecule has 0 aliphatic heterocycles. The molecule has 0 aromatic heterocycles. The Morgan fingerprint density at radius 1 is 0.270 bits per heavy atom. The van der Waals surface area contributed by atoms with Crippen LogP contribution >= 0.6 is 0 Å². The topological polar surface area (TPSA) is 34.1 Å². The van der Waals surface area contributed by atoms with Gasteiger partial charge in [0.15, 0.2) is 0 Å². The molecule has 0 aromatic rings. The molecular formula is C83H168Cl2N2O2. The van der Waals surface area contributed by atoms with Gasteiger partial charge in [0.1, 0.15) is 0 Å². The average Bonchev–Trinajstić information content (AvgIpc) is 2.79. The van der Waals surface area contributed by atoms with Crippen LogP contribution in [0.2, 0.25) is 0 Å². The van der Waals surface area contributed by atoms with E-state index in [1.807, 2.05) is 0 Å². The first-order valence-corrected chi connectivity index (χ1v) is 40.2. The Bertz CT molecular complexity index is 1320. The molecule has 0 aliphatic rings. The van der Waals surface area contributed by atoms with Crippen LogP contribution in [0.4, 0.5) is 0 Å². The minimum absolute atomic E-state index is 0. The van der Waals surface area contributed by atoms with E-state index in [0.29, 0.717) is 32.9 Å². The maximum absolute atomic E-state index is 13.1. The molecule has 0 heterocycles. The minimum Gasteiger partial charge on any atom is -1.00 e. The van der Waals surface area contributed by atoms with E-state index in [9.17, 15) is 9.59 Å². The standard InChI is InChI=1S/2C40H80NO.C3H8.2ClH/c2*1-7-9-10-11-12-13-14-17-21-24-27-30-33-36-39(8-2)41(5,6)40(42)37-34-31-28-25-22-19-16-15-18-20-23-26-29-32-35-38(3)4;1-3-2;;/h2*15-16,38-39H,7-14,17-37H2,1-6H3;3H2,1-2H3;2*1H/q2*+1;;;/p-2/b2*16-15-;;;. The Labute approximate surface area is 576 Å². The smallest absolute Gasteiger partial charge is 0.313 e. The van der Waals surface area contributed by atoms with Crippen LogP contribution in [-0.2, 0) is 9.59 Å². The monoisotopic (exact) mass is 1300 g/mol. The lowest BCUT2D eigenvalue weighted by Crippen LogP contribution is -3.00. The summed E-state index contributed by atoms with van der Waals surface area (Å²) < 4.78 is 1.19. The second-order valence-electron chi connectivity index (χ2n) is 29.8. The van der Waals surface area contributed by atoms with Gasteiger partial charge < -0.3 is 24.8 Å². The van der Waals surface area contributed by atoms with E-state index in [-0.39, 0.29) is 24.8 Å². The summed E-state index contributed by atoms with van der Waals surface area (Å²) in [5.41, 5.74) is 0. The van der Waals surface area contributed by atoms with E-state index in [2.05, 4.69) is 122 Å². The van der Waals surface area contributed by atoms with Gasteiger partial charge in [-0.3, -0.25) is 8.97 Å². The lowest BCUT2D eigenvalue weighted by Gasteiger charge is -2.35. The van der Waals surface area contributed by atoms with Gasteiger partial charge in [0.2, 0.25) is 0 Å². The lowest BCUT2D eigenvalue weighted by atomic mass is 10.00. The van der Waals surface area contributed by atoms with Gasteiger partial charge in [-0.05, 0) is 115 Å². The molecule has 0 N–H and O–H groups in total. The van der Waals surface area contributed by atoms with Gasteiger partial charge in [-0.15, -0.1) is 0 Å². The number of nitrogens with zero attached hydrogens (tertiary/aromatic N) is 2. The van der Waals surface area contributed by atoms with Crippen LogP contribution in [0.3, 0.4) is 0 Å². The molecule has 2 unspecified atom stereocenters. The average molecular weight is 1300 g/mol. The number of carbonyl (C=O) groups excluding carboxylic acids is 2. The number of unbranched alkanes of at least 4 members (excludes halogenated alkanes) is 44. The highest BCUT2D eigenvalue weighted by atomic mass is 35.5. The Morgan fingerprint density at radius 2 is 0.449 bits per heavy atom. The number of amides is 2. The van der Waals surface area contributed by atoms with Crippen molar-refractivity contribution < 1.29 is 43.4 Å². The van der Waals surface area contributed by atoms with Gasteiger partial charge in [0, 0.05) is 0 Å². The Kier molecular flexibility index (Phi) is 83.2. The van der Waals surface area contributed by atoms with Gasteiger partial charge in [0.05, 0.1) is 53.1 Å². The Morgan fingerprint density at radius 3 is 0.652 bits per heavy atom. The molecule has 0 saturated heterocycles. The van der Waals surface area contributed by atoms with E-state index < -0.39 is 0 Å². The maximum Gasteiger partial charge on any atom is 0.313 e. The van der Waals surface area contributed by atoms with Crippen molar-refractivity contribution in [1.29, 1.82) is 0 Å². The summed E-state index contributed by atoms with van der Waals surface area (Å²) in [6, 6.07) is 0.976. The largest absolute Gasteiger partial charge is 1.00 e. The summed E-state index contributed by atoms with van der Waals surface area (Å²) in [7, 11) is 8.71. The first kappa shape index (κ1) is 97.0. The first-order chi connectivity index (χ1) is 42.1. The molecular weight excluding hydrogens is 1130 g/mol. The maximum atomic E-state index is 13.1. The third-order valence-electron chi connectivity index (χ3n) is 19.5. The van der Waals surface area contributed by atoms with Crippen LogP contribution in [0.25, 0.3) is 0 Å². The van der Waals surface area contributed by atoms with Gasteiger partial charge in [-0.1, -0.05) is 357 Å². The number of halogens is 2. The number of allylic oxidation sites excluding steroid dienone is 4. The minimum atomic E-state index is 0. The molecule has 2 amide bonds. The number of rotatable bonds is 64. The van der Waals surface area contributed by atoms with E-state index in [0.717, 1.165) is 50.4 Å². The fourth-order valence-electron chi connectivity index (χ4n) is 13.0. The number of quaternary nitrogens is 2. The van der Waals surface area contributed by atoms with E-state index >= 15 is 0 Å². The van der Waals surface area contributed by atoms with Crippen molar-refractivity contribution in [2.75, 3.05) is 28.2 Å². The third-order valence-corrected chi connectivity index (χ3v) is 19.5. The highest BCUT2D eigenvalue weighted by Gasteiger charge is 2.34. The van der Waals surface area contributed by atoms with Crippen LogP contribution in [0.15, 0.2) is 24.3 Å². The zero-order valence-electron chi connectivity index (χ0n) is 63.8. The molecule has 0 spiro atoms. The Balaban J connectivity index is -0.000000495. The highest BCUT2D eigenvalue weighted by molar-refractivity contribution is 5.69. The summed E-state index contributed by atoms with van der Waals surface area (Å²) in [6.07, 6.45) is 87.7. The van der Waals surface area contributed by atoms with Crippen molar-refractivity contribution in [3.8, 4) is 0 Å². The van der Waals surface area contributed by atoms with Crippen molar-refractivity contribution >= 4 is 11.8 Å². The van der Waals surface area contributed by atoms with Crippen LogP contribution in [-0.4, -0.2) is 61.1 Å². The van der Waals surface area contributed by atoms with Crippen molar-refractivity contribution in [3.63, 3.8) is 0 Å². The van der Waals surface area contributed by atoms with E-state index in [4.69, 9.17) is 0 Å². The summed E-state index contributed by atoms with van der Waals surface area (Å²) in [4.78, 5) is 26.2. The van der Waals surface area contributed by atoms with Crippen LogP contribution in [0, 0.1) is 11.8 Å². The highest BCUT2D eigenvalue weighted by Crippen LogP contribution is 2.25. The predicted octanol–water partition coefficient (Wildman–Crippen LogP) is 22.5. The van der Waals surface area contributed by atoms with Gasteiger partial charge in [-0.25, -0.2) is 9.59 Å². The number of carbonyl (C=O) groups is 2. The molecule has 0 aromatic carbocycles. The Hall–Kier alpha value is -0.680. The predicted molar refractivity (Wildman–Crippen MR) is 396 cm³/mol. The molecule has 0 fully saturated rings. The molecule has 536 valence electrons. The number of hydrogen-bond donors (Lipinski definition) is 0. The van der Waals surface area contributed by atoms with Gasteiger partial charge in [-0.2, -0.15) is 0 Å². The normalized spacial score (nSPS) is 12.5. The molecule has 0 saturated carbocycles. The first-order valence-electron chi connectivity index (χ1n) is 40.2. The summed E-state index contributed by atoms with van der Waals surface area (Å²) >= 11 is 0. The van der Waals surface area contributed by atoms with Gasteiger partial charge in [0.25, 0.3) is 0 Å². The van der Waals surface area contributed by atoms with Gasteiger partial charge >= 0.3 is 11.8 Å². The molecule has 2 atom stereocenters. The van der Waals surface area contributed by atoms with Crippen LogP contribution < -0.4 is 24.8 Å². The molecule has 4 nitrogen and oxygen atoms in total. The summed E-state index contributed by atoms with van der Waals surface area (Å²) in [5.74, 6) is 2.65. The number of hydrogen-bond acceptors (Lipinski definition) is 2. The molecule has 0 radical (unpaired) electrons. The molecule has 0 aliphatic carbocycles. The summed E-state index contributed by atoms with van der Waals surface area (Å²) in [5, 5.41) is 0. The molecule has 6 heteroatoms. The van der Waals surface area contributed by atoms with Crippen molar-refractivity contribution in [2.24, 2.45) is 11.8 Å². The van der Waals surface area contributed by atoms with E-state index in [1.165, 1.54) is 340 Å². The third kappa shape index (κ3) is 70.0. The fraction of sp³-hybridized carbons (Fsp3) is 0.928. The molecule has 0 rings (SSSR count). The fourth-order valence-corrected chi connectivity index (χ4v) is 13.0. The molecule has 0 bridgehead atoms. The van der Waals surface area contributed by atoms with Crippen molar-refractivity contribution in [3.05, 3.63) is 24.3 Å². The summed E-state index contributed by atoms with van der Waals surface area (Å²) in [6.45, 7) is 22.7. The second-order valence-corrected chi connectivity index (χ2v) is 29.8.